The maximum absolute atomic E-state index is 10.5. The summed E-state index contributed by atoms with van der Waals surface area (Å²) < 4.78 is 5.28. The van der Waals surface area contributed by atoms with Gasteiger partial charge in [0.1, 0.15) is 12.4 Å². The third-order valence-corrected chi connectivity index (χ3v) is 2.39. The topological polar surface area (TPSA) is 78.4 Å². The average Bonchev–Trinajstić information content (AvgIpc) is 2.27. The Morgan fingerprint density at radius 3 is 2.72 bits per heavy atom. The fourth-order valence-corrected chi connectivity index (χ4v) is 1.43. The van der Waals surface area contributed by atoms with Gasteiger partial charge < -0.3 is 10.5 Å². The van der Waals surface area contributed by atoms with Crippen molar-refractivity contribution in [1.82, 2.24) is 0 Å². The highest BCUT2D eigenvalue weighted by Gasteiger charge is 2.10. The molecule has 18 heavy (non-hydrogen) atoms. The van der Waals surface area contributed by atoms with Crippen molar-refractivity contribution < 1.29 is 9.66 Å². The van der Waals surface area contributed by atoms with Crippen LogP contribution in [0.5, 0.6) is 5.75 Å². The molecular formula is C10H11Cl3N2O3. The predicted octanol–water partition coefficient (Wildman–Crippen LogP) is 3.13. The average molecular weight is 314 g/mol. The lowest BCUT2D eigenvalue weighted by molar-refractivity contribution is -0.384. The standard InChI is InChI=1S/C10H10Cl2N2O3.ClH/c11-7(3-4-13)6-17-10-2-1-8(14(15)16)5-9(10)12;/h1-3,5H,4,6,13H2;1H/b7-3+;. The Labute approximate surface area is 120 Å². The minimum atomic E-state index is -0.531. The third kappa shape index (κ3) is 5.10. The summed E-state index contributed by atoms with van der Waals surface area (Å²) in [6.07, 6.45) is 1.60. The SMILES string of the molecule is Cl.NC/C=C(/Cl)COc1ccc([N+](=O)[O-])cc1Cl. The van der Waals surface area contributed by atoms with Crippen LogP contribution in [-0.4, -0.2) is 18.1 Å². The lowest BCUT2D eigenvalue weighted by Gasteiger charge is -2.06. The van der Waals surface area contributed by atoms with Gasteiger partial charge in [-0.15, -0.1) is 12.4 Å². The van der Waals surface area contributed by atoms with Crippen molar-refractivity contribution in [3.63, 3.8) is 0 Å². The molecular weight excluding hydrogens is 302 g/mol. The summed E-state index contributed by atoms with van der Waals surface area (Å²) >= 11 is 11.6. The number of hydrogen-bond donors (Lipinski definition) is 1. The zero-order chi connectivity index (χ0) is 12.8. The Morgan fingerprint density at radius 1 is 1.56 bits per heavy atom. The van der Waals surface area contributed by atoms with Crippen LogP contribution in [0.2, 0.25) is 5.02 Å². The molecule has 0 radical (unpaired) electrons. The first-order chi connectivity index (χ1) is 8.04. The number of rotatable bonds is 5. The molecule has 5 nitrogen and oxygen atoms in total. The number of nitro benzene ring substituents is 1. The van der Waals surface area contributed by atoms with E-state index in [1.54, 1.807) is 6.08 Å². The van der Waals surface area contributed by atoms with Crippen LogP contribution in [0.25, 0.3) is 0 Å². The highest BCUT2D eigenvalue weighted by Crippen LogP contribution is 2.29. The lowest BCUT2D eigenvalue weighted by atomic mass is 10.3. The summed E-state index contributed by atoms with van der Waals surface area (Å²) in [4.78, 5) is 9.95. The first kappa shape index (κ1) is 17.0. The molecule has 1 rings (SSSR count). The van der Waals surface area contributed by atoms with E-state index in [0.717, 1.165) is 0 Å². The molecule has 0 aliphatic rings. The number of halogens is 3. The molecule has 0 spiro atoms. The summed E-state index contributed by atoms with van der Waals surface area (Å²) in [6, 6.07) is 3.95. The van der Waals surface area contributed by atoms with Crippen molar-refractivity contribution in [1.29, 1.82) is 0 Å². The van der Waals surface area contributed by atoms with E-state index >= 15 is 0 Å². The van der Waals surface area contributed by atoms with Gasteiger partial charge in [0.15, 0.2) is 0 Å². The Morgan fingerprint density at radius 2 is 2.22 bits per heavy atom. The monoisotopic (exact) mass is 312 g/mol. The molecule has 0 bridgehead atoms. The third-order valence-electron chi connectivity index (χ3n) is 1.83. The first-order valence-corrected chi connectivity index (χ1v) is 5.41. The highest BCUT2D eigenvalue weighted by molar-refractivity contribution is 6.32. The van der Waals surface area contributed by atoms with Crippen LogP contribution in [-0.2, 0) is 0 Å². The van der Waals surface area contributed by atoms with Crippen molar-refractivity contribution in [2.24, 2.45) is 5.73 Å². The molecule has 0 fully saturated rings. The maximum Gasteiger partial charge on any atom is 0.271 e. The number of hydrogen-bond acceptors (Lipinski definition) is 4. The van der Waals surface area contributed by atoms with Gasteiger partial charge in [0.05, 0.1) is 15.0 Å². The van der Waals surface area contributed by atoms with E-state index in [0.29, 0.717) is 17.3 Å². The molecule has 8 heteroatoms. The van der Waals surface area contributed by atoms with Crippen LogP contribution in [0.1, 0.15) is 0 Å². The maximum atomic E-state index is 10.5. The van der Waals surface area contributed by atoms with E-state index in [4.69, 9.17) is 33.7 Å². The van der Waals surface area contributed by atoms with Gasteiger partial charge in [-0.05, 0) is 6.07 Å². The van der Waals surface area contributed by atoms with Crippen molar-refractivity contribution >= 4 is 41.3 Å². The smallest absolute Gasteiger partial charge is 0.271 e. The van der Waals surface area contributed by atoms with Gasteiger partial charge in [0, 0.05) is 18.7 Å². The number of benzene rings is 1. The molecule has 0 saturated heterocycles. The van der Waals surface area contributed by atoms with Gasteiger partial charge >= 0.3 is 0 Å². The number of nitrogens with zero attached hydrogens (tertiary/aromatic N) is 1. The summed E-state index contributed by atoms with van der Waals surface area (Å²) in [5, 5.41) is 11.1. The van der Waals surface area contributed by atoms with Gasteiger partial charge in [0.25, 0.3) is 5.69 Å². The van der Waals surface area contributed by atoms with Gasteiger partial charge in [-0.2, -0.15) is 0 Å². The molecule has 0 aliphatic carbocycles. The molecule has 0 unspecified atom stereocenters. The summed E-state index contributed by atoms with van der Waals surface area (Å²) in [5.74, 6) is 0.334. The van der Waals surface area contributed by atoms with Crippen LogP contribution < -0.4 is 10.5 Å². The van der Waals surface area contributed by atoms with Crippen LogP contribution in [0.4, 0.5) is 5.69 Å². The predicted molar refractivity (Wildman–Crippen MR) is 73.8 cm³/mol. The van der Waals surface area contributed by atoms with Crippen LogP contribution in [0, 0.1) is 10.1 Å². The highest BCUT2D eigenvalue weighted by atomic mass is 35.5. The quantitative estimate of drug-likeness (QED) is 0.669. The normalized spacial score (nSPS) is 10.7. The molecule has 0 amide bonds. The molecule has 0 aliphatic heterocycles. The van der Waals surface area contributed by atoms with Gasteiger partial charge in [-0.1, -0.05) is 29.3 Å². The summed E-state index contributed by atoms with van der Waals surface area (Å²) in [6.45, 7) is 0.437. The molecule has 100 valence electrons. The second kappa shape index (κ2) is 8.16. The number of ether oxygens (including phenoxy) is 1. The minimum Gasteiger partial charge on any atom is -0.486 e. The van der Waals surface area contributed by atoms with E-state index in [1.165, 1.54) is 18.2 Å². The summed E-state index contributed by atoms with van der Waals surface area (Å²) in [7, 11) is 0. The zero-order valence-corrected chi connectivity index (χ0v) is 11.5. The molecule has 1 aromatic carbocycles. The van der Waals surface area contributed by atoms with Crippen LogP contribution >= 0.6 is 35.6 Å². The fourth-order valence-electron chi connectivity index (χ4n) is 1.05. The Kier molecular flexibility index (Phi) is 7.70. The Balaban J connectivity index is 0.00000289. The number of non-ortho nitro benzene ring substituents is 1. The van der Waals surface area contributed by atoms with Crippen molar-refractivity contribution in [2.45, 2.75) is 0 Å². The van der Waals surface area contributed by atoms with Gasteiger partial charge in [-0.25, -0.2) is 0 Å². The largest absolute Gasteiger partial charge is 0.486 e. The Hall–Kier alpha value is -1.01. The number of nitrogens with two attached hydrogens (primary N) is 1. The number of nitro groups is 1. The second-order valence-electron chi connectivity index (χ2n) is 3.05. The molecule has 1 aromatic rings. The van der Waals surface area contributed by atoms with Crippen LogP contribution in [0.15, 0.2) is 29.3 Å². The lowest BCUT2D eigenvalue weighted by Crippen LogP contribution is -2.01. The molecule has 0 aromatic heterocycles. The van der Waals surface area contributed by atoms with Crippen molar-refractivity contribution in [3.8, 4) is 5.75 Å². The van der Waals surface area contributed by atoms with E-state index in [9.17, 15) is 10.1 Å². The van der Waals surface area contributed by atoms with Gasteiger partial charge in [0.2, 0.25) is 0 Å². The Bertz CT molecular complexity index is 452. The van der Waals surface area contributed by atoms with Crippen molar-refractivity contribution in [2.75, 3.05) is 13.2 Å². The van der Waals surface area contributed by atoms with Crippen molar-refractivity contribution in [3.05, 3.63) is 44.4 Å². The molecule has 0 heterocycles. The first-order valence-electron chi connectivity index (χ1n) is 4.66. The zero-order valence-electron chi connectivity index (χ0n) is 9.14. The van der Waals surface area contributed by atoms with E-state index in [2.05, 4.69) is 0 Å². The van der Waals surface area contributed by atoms with E-state index in [-0.39, 0.29) is 29.7 Å². The second-order valence-corrected chi connectivity index (χ2v) is 3.94. The molecule has 0 saturated carbocycles. The van der Waals surface area contributed by atoms with Gasteiger partial charge in [-0.3, -0.25) is 10.1 Å². The molecule has 2 N–H and O–H groups in total. The van der Waals surface area contributed by atoms with E-state index in [1.807, 2.05) is 0 Å². The summed E-state index contributed by atoms with van der Waals surface area (Å²) in [5.41, 5.74) is 5.17. The fraction of sp³-hybridized carbons (Fsp3) is 0.200. The van der Waals surface area contributed by atoms with Crippen LogP contribution in [0.3, 0.4) is 0 Å². The van der Waals surface area contributed by atoms with E-state index < -0.39 is 4.92 Å². The minimum absolute atomic E-state index is 0. The molecule has 0 atom stereocenters.